The van der Waals surface area contributed by atoms with Gasteiger partial charge in [-0.25, -0.2) is 9.97 Å². The van der Waals surface area contributed by atoms with E-state index < -0.39 is 0 Å². The Morgan fingerprint density at radius 3 is 2.60 bits per heavy atom. The molecule has 0 spiro atoms. The molecule has 3 aromatic heterocycles. The number of nitrogens with zero attached hydrogens (tertiary/aromatic N) is 4. The lowest BCUT2D eigenvalue weighted by Gasteiger charge is -2.31. The number of hydrogen-bond donors (Lipinski definition) is 0. The zero-order valence-electron chi connectivity index (χ0n) is 13.9. The zero-order valence-corrected chi connectivity index (χ0v) is 14.7. The minimum Gasteiger partial charge on any atom is -0.489 e. The van der Waals surface area contributed by atoms with Gasteiger partial charge in [0.05, 0.1) is 11.1 Å². The average Bonchev–Trinajstić information content (AvgIpc) is 3.20. The van der Waals surface area contributed by atoms with Gasteiger partial charge in [0.15, 0.2) is 5.82 Å². The molecule has 1 aliphatic heterocycles. The summed E-state index contributed by atoms with van der Waals surface area (Å²) in [4.78, 5) is 16.6. The molecule has 128 valence electrons. The van der Waals surface area contributed by atoms with Gasteiger partial charge in [0.2, 0.25) is 0 Å². The highest BCUT2D eigenvalue weighted by Gasteiger charge is 2.20. The summed E-state index contributed by atoms with van der Waals surface area (Å²) in [7, 11) is 0. The fraction of sp³-hybridized carbons (Fsp3) is 0.316. The van der Waals surface area contributed by atoms with E-state index in [0.717, 1.165) is 54.5 Å². The van der Waals surface area contributed by atoms with Crippen LogP contribution in [0.4, 0.5) is 0 Å². The number of aromatic nitrogens is 3. The minimum atomic E-state index is 0.276. The van der Waals surface area contributed by atoms with E-state index in [4.69, 9.17) is 4.74 Å². The second-order valence-corrected chi connectivity index (χ2v) is 7.12. The fourth-order valence-electron chi connectivity index (χ4n) is 3.02. The molecule has 6 heteroatoms. The van der Waals surface area contributed by atoms with Crippen molar-refractivity contribution < 1.29 is 4.74 Å². The molecule has 25 heavy (non-hydrogen) atoms. The van der Waals surface area contributed by atoms with Gasteiger partial charge in [-0.15, -0.1) is 11.3 Å². The van der Waals surface area contributed by atoms with Crippen LogP contribution < -0.4 is 4.74 Å². The van der Waals surface area contributed by atoms with Crippen LogP contribution in [0.5, 0.6) is 5.75 Å². The van der Waals surface area contributed by atoms with Crippen LogP contribution in [-0.2, 0) is 6.54 Å². The van der Waals surface area contributed by atoms with E-state index in [9.17, 15) is 0 Å². The van der Waals surface area contributed by atoms with Crippen molar-refractivity contribution in [2.45, 2.75) is 25.5 Å². The first kappa shape index (κ1) is 16.2. The lowest BCUT2D eigenvalue weighted by molar-refractivity contribution is 0.0964. The normalized spacial score (nSPS) is 16.0. The maximum atomic E-state index is 6.00. The highest BCUT2D eigenvalue weighted by molar-refractivity contribution is 7.13. The summed E-state index contributed by atoms with van der Waals surface area (Å²) < 4.78 is 6.00. The standard InChI is InChI=1S/C19H20N4OS/c1-3-17(13-20-7-1)24-16-5-8-23(9-6-16)14-15-11-21-19(22-12-15)18-4-2-10-25-18/h1-4,7,10-13,16H,5-6,8-9,14H2. The predicted molar refractivity (Wildman–Crippen MR) is 98.5 cm³/mol. The molecule has 5 nitrogen and oxygen atoms in total. The van der Waals surface area contributed by atoms with Crippen molar-refractivity contribution in [1.82, 2.24) is 19.9 Å². The molecule has 1 fully saturated rings. The van der Waals surface area contributed by atoms with Crippen LogP contribution in [0.15, 0.2) is 54.4 Å². The lowest BCUT2D eigenvalue weighted by Crippen LogP contribution is -2.37. The number of likely N-dealkylation sites (tertiary alicyclic amines) is 1. The van der Waals surface area contributed by atoms with E-state index in [1.165, 1.54) is 0 Å². The topological polar surface area (TPSA) is 51.1 Å². The van der Waals surface area contributed by atoms with Crippen molar-refractivity contribution in [3.8, 4) is 16.5 Å². The summed E-state index contributed by atoms with van der Waals surface area (Å²) >= 11 is 1.66. The third-order valence-electron chi connectivity index (χ3n) is 4.32. The van der Waals surface area contributed by atoms with Crippen molar-refractivity contribution in [2.75, 3.05) is 13.1 Å². The maximum Gasteiger partial charge on any atom is 0.169 e. The molecule has 0 amide bonds. The molecule has 4 heterocycles. The van der Waals surface area contributed by atoms with Crippen molar-refractivity contribution in [1.29, 1.82) is 0 Å². The smallest absolute Gasteiger partial charge is 0.169 e. The van der Waals surface area contributed by atoms with Crippen molar-refractivity contribution >= 4 is 11.3 Å². The second kappa shape index (κ2) is 7.72. The van der Waals surface area contributed by atoms with E-state index >= 15 is 0 Å². The largest absolute Gasteiger partial charge is 0.489 e. The molecule has 0 radical (unpaired) electrons. The van der Waals surface area contributed by atoms with E-state index in [2.05, 4.69) is 19.9 Å². The summed E-state index contributed by atoms with van der Waals surface area (Å²) in [5, 5.41) is 2.05. The predicted octanol–water partition coefficient (Wildman–Crippen LogP) is 3.64. The van der Waals surface area contributed by atoms with Gasteiger partial charge in [-0.3, -0.25) is 9.88 Å². The Bertz CT molecular complexity index is 769. The van der Waals surface area contributed by atoms with E-state index in [1.807, 2.05) is 42.0 Å². The summed E-state index contributed by atoms with van der Waals surface area (Å²) in [5.41, 5.74) is 1.16. The van der Waals surface area contributed by atoms with Gasteiger partial charge in [-0.05, 0) is 36.4 Å². The number of thiophene rings is 1. The maximum absolute atomic E-state index is 6.00. The van der Waals surface area contributed by atoms with Crippen molar-refractivity contribution in [3.05, 3.63) is 60.0 Å². The van der Waals surface area contributed by atoms with Crippen molar-refractivity contribution in [3.63, 3.8) is 0 Å². The third kappa shape index (κ3) is 4.21. The van der Waals surface area contributed by atoms with Crippen LogP contribution in [0.25, 0.3) is 10.7 Å². The molecule has 0 atom stereocenters. The molecular formula is C19H20N4OS. The first-order valence-corrected chi connectivity index (χ1v) is 9.38. The Hall–Kier alpha value is -2.31. The molecule has 3 aromatic rings. The van der Waals surface area contributed by atoms with Gasteiger partial charge < -0.3 is 4.74 Å². The number of hydrogen-bond acceptors (Lipinski definition) is 6. The summed E-state index contributed by atoms with van der Waals surface area (Å²) in [6, 6.07) is 7.94. The molecule has 0 N–H and O–H groups in total. The monoisotopic (exact) mass is 352 g/mol. The Balaban J connectivity index is 1.28. The first-order valence-electron chi connectivity index (χ1n) is 8.51. The Kier molecular flexibility index (Phi) is 4.99. The summed E-state index contributed by atoms with van der Waals surface area (Å²) in [6.07, 6.45) is 9.77. The van der Waals surface area contributed by atoms with Crippen molar-refractivity contribution in [2.24, 2.45) is 0 Å². The SMILES string of the molecule is c1cncc(OC2CCN(Cc3cnc(-c4cccs4)nc3)CC2)c1. The molecule has 0 aliphatic carbocycles. The quantitative estimate of drug-likeness (QED) is 0.702. The van der Waals surface area contributed by atoms with Crippen LogP contribution in [0.1, 0.15) is 18.4 Å². The third-order valence-corrected chi connectivity index (χ3v) is 5.19. The molecule has 1 aliphatic rings. The highest BCUT2D eigenvalue weighted by Crippen LogP contribution is 2.21. The average molecular weight is 352 g/mol. The van der Waals surface area contributed by atoms with Crippen LogP contribution in [-0.4, -0.2) is 39.0 Å². The molecule has 0 bridgehead atoms. The van der Waals surface area contributed by atoms with Gasteiger partial charge in [0.25, 0.3) is 0 Å². The Labute approximate surface area is 151 Å². The summed E-state index contributed by atoms with van der Waals surface area (Å²) in [6.45, 7) is 2.94. The Morgan fingerprint density at radius 2 is 1.92 bits per heavy atom. The second-order valence-electron chi connectivity index (χ2n) is 6.17. The van der Waals surface area contributed by atoms with Crippen LogP contribution in [0, 0.1) is 0 Å². The molecule has 1 saturated heterocycles. The molecular weight excluding hydrogens is 332 g/mol. The van der Waals surface area contributed by atoms with E-state index in [1.54, 1.807) is 23.7 Å². The Morgan fingerprint density at radius 1 is 1.08 bits per heavy atom. The highest BCUT2D eigenvalue weighted by atomic mass is 32.1. The number of piperidine rings is 1. The summed E-state index contributed by atoms with van der Waals surface area (Å²) in [5.74, 6) is 1.67. The number of rotatable bonds is 5. The van der Waals surface area contributed by atoms with Crippen LogP contribution in [0.3, 0.4) is 0 Å². The van der Waals surface area contributed by atoms with Gasteiger partial charge in [0, 0.05) is 43.8 Å². The first-order chi connectivity index (χ1) is 12.4. The van der Waals surface area contributed by atoms with Crippen LogP contribution >= 0.6 is 11.3 Å². The van der Waals surface area contributed by atoms with E-state index in [0.29, 0.717) is 0 Å². The zero-order chi connectivity index (χ0) is 16.9. The van der Waals surface area contributed by atoms with Gasteiger partial charge in [0.1, 0.15) is 11.9 Å². The minimum absolute atomic E-state index is 0.276. The molecule has 0 unspecified atom stereocenters. The number of pyridine rings is 1. The fourth-order valence-corrected chi connectivity index (χ4v) is 3.69. The molecule has 4 rings (SSSR count). The number of ether oxygens (including phenoxy) is 1. The van der Waals surface area contributed by atoms with Gasteiger partial charge >= 0.3 is 0 Å². The molecule has 0 saturated carbocycles. The van der Waals surface area contributed by atoms with E-state index in [-0.39, 0.29) is 6.10 Å². The lowest BCUT2D eigenvalue weighted by atomic mass is 10.1. The van der Waals surface area contributed by atoms with Crippen LogP contribution in [0.2, 0.25) is 0 Å². The van der Waals surface area contributed by atoms with Gasteiger partial charge in [-0.1, -0.05) is 6.07 Å². The molecule has 0 aromatic carbocycles. The van der Waals surface area contributed by atoms with Gasteiger partial charge in [-0.2, -0.15) is 0 Å².